The molecule has 0 fully saturated rings. The third-order valence-corrected chi connectivity index (χ3v) is 2.39. The Hall–Kier alpha value is -1.69. The lowest BCUT2D eigenvalue weighted by Crippen LogP contribution is -2.08. The number of rotatable bonds is 8. The van der Waals surface area contributed by atoms with Crippen LogP contribution in [0.25, 0.3) is 0 Å². The zero-order chi connectivity index (χ0) is 13.2. The summed E-state index contributed by atoms with van der Waals surface area (Å²) in [4.78, 5) is 11.1. The van der Waals surface area contributed by atoms with E-state index in [2.05, 4.69) is 20.3 Å². The summed E-state index contributed by atoms with van der Waals surface area (Å²) in [7, 11) is 3.02. The molecule has 0 spiro atoms. The molecule has 100 valence electrons. The predicted molar refractivity (Wildman–Crippen MR) is 67.6 cm³/mol. The highest BCUT2D eigenvalue weighted by Crippen LogP contribution is 2.04. The first kappa shape index (κ1) is 14.4. The largest absolute Gasteiger partial charge is 0.464 e. The van der Waals surface area contributed by atoms with Crippen LogP contribution in [0.5, 0.6) is 0 Å². The summed E-state index contributed by atoms with van der Waals surface area (Å²) >= 11 is 0. The molecule has 18 heavy (non-hydrogen) atoms. The average molecular weight is 253 g/mol. The van der Waals surface area contributed by atoms with Gasteiger partial charge in [0, 0.05) is 20.3 Å². The maximum atomic E-state index is 11.1. The molecule has 0 saturated heterocycles. The van der Waals surface area contributed by atoms with E-state index in [1.54, 1.807) is 19.2 Å². The Labute approximate surface area is 107 Å². The number of anilines is 1. The summed E-state index contributed by atoms with van der Waals surface area (Å²) in [6.07, 6.45) is 3.21. The van der Waals surface area contributed by atoms with Crippen LogP contribution >= 0.6 is 0 Å². The Morgan fingerprint density at radius 3 is 2.67 bits per heavy atom. The summed E-state index contributed by atoms with van der Waals surface area (Å²) in [5, 5.41) is 10.8. The van der Waals surface area contributed by atoms with E-state index in [9.17, 15) is 4.79 Å². The summed E-state index contributed by atoms with van der Waals surface area (Å²) in [6, 6.07) is 3.31. The third kappa shape index (κ3) is 5.09. The molecule has 0 radical (unpaired) electrons. The van der Waals surface area contributed by atoms with Crippen molar-refractivity contribution in [3.05, 3.63) is 17.8 Å². The topological polar surface area (TPSA) is 73.3 Å². The van der Waals surface area contributed by atoms with Gasteiger partial charge in [-0.2, -0.15) is 0 Å². The summed E-state index contributed by atoms with van der Waals surface area (Å²) < 4.78 is 9.50. The molecule has 1 heterocycles. The molecular weight excluding hydrogens is 234 g/mol. The second-order valence-electron chi connectivity index (χ2n) is 3.78. The van der Waals surface area contributed by atoms with E-state index in [1.165, 1.54) is 7.11 Å². The number of unbranched alkanes of at least 4 members (excludes halogenated alkanes) is 2. The third-order valence-electron chi connectivity index (χ3n) is 2.39. The molecule has 0 unspecified atom stereocenters. The van der Waals surface area contributed by atoms with Crippen molar-refractivity contribution in [2.24, 2.45) is 0 Å². The smallest absolute Gasteiger partial charge is 0.358 e. The quantitative estimate of drug-likeness (QED) is 0.559. The van der Waals surface area contributed by atoms with E-state index in [0.29, 0.717) is 5.82 Å². The number of ether oxygens (including phenoxy) is 2. The van der Waals surface area contributed by atoms with Gasteiger partial charge in [-0.3, -0.25) is 0 Å². The number of hydrogen-bond acceptors (Lipinski definition) is 6. The van der Waals surface area contributed by atoms with E-state index >= 15 is 0 Å². The molecule has 0 aliphatic carbocycles. The van der Waals surface area contributed by atoms with E-state index in [4.69, 9.17) is 4.74 Å². The average Bonchev–Trinajstić information content (AvgIpc) is 2.42. The maximum Gasteiger partial charge on any atom is 0.358 e. The number of carbonyl (C=O) groups is 1. The number of nitrogens with one attached hydrogen (secondary N) is 1. The Morgan fingerprint density at radius 2 is 2.06 bits per heavy atom. The van der Waals surface area contributed by atoms with Gasteiger partial charge in [0.15, 0.2) is 5.69 Å². The Morgan fingerprint density at radius 1 is 1.22 bits per heavy atom. The molecule has 0 aromatic carbocycles. The van der Waals surface area contributed by atoms with Crippen LogP contribution < -0.4 is 5.32 Å². The van der Waals surface area contributed by atoms with E-state index in [0.717, 1.165) is 32.4 Å². The van der Waals surface area contributed by atoms with Gasteiger partial charge in [-0.1, -0.05) is 0 Å². The van der Waals surface area contributed by atoms with Gasteiger partial charge >= 0.3 is 5.97 Å². The van der Waals surface area contributed by atoms with Gasteiger partial charge in [0.25, 0.3) is 0 Å². The molecule has 6 heteroatoms. The summed E-state index contributed by atoms with van der Waals surface area (Å²) in [5.74, 6) is 0.183. The zero-order valence-electron chi connectivity index (χ0n) is 10.8. The summed E-state index contributed by atoms with van der Waals surface area (Å²) in [6.45, 7) is 1.63. The van der Waals surface area contributed by atoms with Gasteiger partial charge in [0.1, 0.15) is 5.82 Å². The monoisotopic (exact) mass is 253 g/mol. The van der Waals surface area contributed by atoms with Crippen molar-refractivity contribution < 1.29 is 14.3 Å². The molecule has 1 rings (SSSR count). The molecule has 0 atom stereocenters. The number of aromatic nitrogens is 2. The molecule has 1 aromatic rings. The van der Waals surface area contributed by atoms with Gasteiger partial charge in [0.2, 0.25) is 0 Å². The molecule has 1 aromatic heterocycles. The Kier molecular flexibility index (Phi) is 6.71. The molecular formula is C12H19N3O3. The highest BCUT2D eigenvalue weighted by atomic mass is 16.5. The maximum absolute atomic E-state index is 11.1. The highest BCUT2D eigenvalue weighted by Gasteiger charge is 2.06. The standard InChI is InChI=1S/C12H19N3O3/c1-17-9-5-3-4-8-13-11-7-6-10(14-15-11)12(16)18-2/h6-7H,3-5,8-9H2,1-2H3,(H,13,15). The minimum atomic E-state index is -0.478. The predicted octanol–water partition coefficient (Wildman–Crippen LogP) is 1.49. The first-order valence-corrected chi connectivity index (χ1v) is 5.92. The van der Waals surface area contributed by atoms with Crippen molar-refractivity contribution in [2.45, 2.75) is 19.3 Å². The van der Waals surface area contributed by atoms with Crippen molar-refractivity contribution in [3.8, 4) is 0 Å². The Bertz CT molecular complexity index is 354. The van der Waals surface area contributed by atoms with Crippen LogP contribution in [0.1, 0.15) is 29.8 Å². The fourth-order valence-electron chi connectivity index (χ4n) is 1.40. The number of hydrogen-bond donors (Lipinski definition) is 1. The molecule has 0 aliphatic rings. The minimum Gasteiger partial charge on any atom is -0.464 e. The van der Waals surface area contributed by atoms with Crippen LogP contribution in [0.4, 0.5) is 5.82 Å². The first-order chi connectivity index (χ1) is 8.77. The van der Waals surface area contributed by atoms with Gasteiger partial charge < -0.3 is 14.8 Å². The normalized spacial score (nSPS) is 10.1. The van der Waals surface area contributed by atoms with Crippen LogP contribution in [-0.4, -0.2) is 43.5 Å². The van der Waals surface area contributed by atoms with Crippen LogP contribution in [0, 0.1) is 0 Å². The van der Waals surface area contributed by atoms with Crippen molar-refractivity contribution in [1.29, 1.82) is 0 Å². The van der Waals surface area contributed by atoms with Crippen molar-refractivity contribution in [1.82, 2.24) is 10.2 Å². The molecule has 0 aliphatic heterocycles. The first-order valence-electron chi connectivity index (χ1n) is 5.92. The number of nitrogens with zero attached hydrogens (tertiary/aromatic N) is 2. The van der Waals surface area contributed by atoms with E-state index in [1.807, 2.05) is 0 Å². The van der Waals surface area contributed by atoms with Crippen LogP contribution in [0.15, 0.2) is 12.1 Å². The van der Waals surface area contributed by atoms with Gasteiger partial charge in [-0.05, 0) is 31.4 Å². The zero-order valence-corrected chi connectivity index (χ0v) is 10.8. The molecule has 0 saturated carbocycles. The SMILES string of the molecule is COCCCCCNc1ccc(C(=O)OC)nn1. The highest BCUT2D eigenvalue weighted by molar-refractivity contribution is 5.86. The molecule has 6 nitrogen and oxygen atoms in total. The van der Waals surface area contributed by atoms with Crippen molar-refractivity contribution in [3.63, 3.8) is 0 Å². The molecule has 0 bridgehead atoms. The second-order valence-corrected chi connectivity index (χ2v) is 3.78. The molecule has 0 amide bonds. The lowest BCUT2D eigenvalue weighted by atomic mass is 10.2. The van der Waals surface area contributed by atoms with Gasteiger partial charge in [0.05, 0.1) is 7.11 Å². The number of methoxy groups -OCH3 is 2. The van der Waals surface area contributed by atoms with Gasteiger partial charge in [-0.15, -0.1) is 10.2 Å². The van der Waals surface area contributed by atoms with Crippen LogP contribution in [0.3, 0.4) is 0 Å². The van der Waals surface area contributed by atoms with Crippen molar-refractivity contribution in [2.75, 3.05) is 32.7 Å². The van der Waals surface area contributed by atoms with Crippen LogP contribution in [0.2, 0.25) is 0 Å². The molecule has 1 N–H and O–H groups in total. The Balaban J connectivity index is 2.25. The fourth-order valence-corrected chi connectivity index (χ4v) is 1.40. The fraction of sp³-hybridized carbons (Fsp3) is 0.583. The van der Waals surface area contributed by atoms with E-state index in [-0.39, 0.29) is 5.69 Å². The second kappa shape index (κ2) is 8.41. The lowest BCUT2D eigenvalue weighted by Gasteiger charge is -2.05. The minimum absolute atomic E-state index is 0.211. The van der Waals surface area contributed by atoms with E-state index < -0.39 is 5.97 Å². The van der Waals surface area contributed by atoms with Crippen LogP contribution in [-0.2, 0) is 9.47 Å². The van der Waals surface area contributed by atoms with Crippen molar-refractivity contribution >= 4 is 11.8 Å². The number of esters is 1. The lowest BCUT2D eigenvalue weighted by molar-refractivity contribution is 0.0593. The summed E-state index contributed by atoms with van der Waals surface area (Å²) in [5.41, 5.74) is 0.211. The number of carbonyl (C=O) groups excluding carboxylic acids is 1. The van der Waals surface area contributed by atoms with Gasteiger partial charge in [-0.25, -0.2) is 4.79 Å².